The number of ether oxygens (including phenoxy) is 2. The maximum absolute atomic E-state index is 13.2. The Balaban J connectivity index is 1.62. The zero-order valence-corrected chi connectivity index (χ0v) is 18.9. The van der Waals surface area contributed by atoms with E-state index in [2.05, 4.69) is 32.4 Å². The molecule has 0 saturated heterocycles. The molecule has 4 rings (SSSR count). The highest BCUT2D eigenvalue weighted by atomic mass is 16.5. The second-order valence-electron chi connectivity index (χ2n) is 7.23. The predicted molar refractivity (Wildman–Crippen MR) is 131 cm³/mol. The van der Waals surface area contributed by atoms with Crippen molar-refractivity contribution in [3.05, 3.63) is 71.9 Å². The number of aromatic amines is 1. The number of pyridine rings is 1. The minimum Gasteiger partial charge on any atom is -0.497 e. The van der Waals surface area contributed by atoms with Crippen LogP contribution in [-0.2, 0) is 4.79 Å². The maximum atomic E-state index is 13.2. The largest absolute Gasteiger partial charge is 0.497 e. The summed E-state index contributed by atoms with van der Waals surface area (Å²) in [6.07, 6.45) is 1.63. The van der Waals surface area contributed by atoms with Crippen molar-refractivity contribution in [1.29, 1.82) is 0 Å². The molecule has 0 radical (unpaired) electrons. The van der Waals surface area contributed by atoms with Gasteiger partial charge < -0.3 is 25.1 Å². The number of para-hydroxylation sites is 2. The number of rotatable bonds is 7. The Labute approximate surface area is 196 Å². The summed E-state index contributed by atoms with van der Waals surface area (Å²) in [5.41, 5.74) is 2.70. The van der Waals surface area contributed by atoms with Gasteiger partial charge in [-0.2, -0.15) is 0 Å². The van der Waals surface area contributed by atoms with Crippen molar-refractivity contribution in [3.8, 4) is 23.3 Å². The van der Waals surface area contributed by atoms with Crippen molar-refractivity contribution < 1.29 is 19.1 Å². The fourth-order valence-electron chi connectivity index (χ4n) is 3.46. The summed E-state index contributed by atoms with van der Waals surface area (Å²) in [6, 6.07) is 15.9. The van der Waals surface area contributed by atoms with Crippen molar-refractivity contribution in [2.45, 2.75) is 6.92 Å². The van der Waals surface area contributed by atoms with Crippen LogP contribution >= 0.6 is 0 Å². The van der Waals surface area contributed by atoms with Gasteiger partial charge in [0.25, 0.3) is 5.91 Å². The van der Waals surface area contributed by atoms with Gasteiger partial charge in [0.1, 0.15) is 23.0 Å². The first-order chi connectivity index (χ1) is 16.5. The molecule has 0 spiro atoms. The number of aromatic nitrogens is 2. The number of amides is 1. The van der Waals surface area contributed by atoms with E-state index in [1.165, 1.54) is 14.2 Å². The fourth-order valence-corrected chi connectivity index (χ4v) is 3.46. The van der Waals surface area contributed by atoms with Crippen molar-refractivity contribution >= 4 is 39.9 Å². The van der Waals surface area contributed by atoms with E-state index in [9.17, 15) is 9.59 Å². The monoisotopic (exact) mass is 454 g/mol. The zero-order valence-electron chi connectivity index (χ0n) is 18.9. The lowest BCUT2D eigenvalue weighted by molar-refractivity contribution is -0.111. The second kappa shape index (κ2) is 9.79. The molecule has 0 aliphatic rings. The molecule has 0 aliphatic carbocycles. The maximum Gasteiger partial charge on any atom is 0.300 e. The number of nitrogens with zero attached hydrogens (tertiary/aromatic N) is 1. The predicted octanol–water partition coefficient (Wildman–Crippen LogP) is 4.52. The summed E-state index contributed by atoms with van der Waals surface area (Å²) in [5.74, 6) is 6.04. The minimum atomic E-state index is -0.401. The topological polar surface area (TPSA) is 105 Å². The third-order valence-corrected chi connectivity index (χ3v) is 5.07. The van der Waals surface area contributed by atoms with Gasteiger partial charge in [0.15, 0.2) is 5.78 Å². The van der Waals surface area contributed by atoms with Gasteiger partial charge in [0, 0.05) is 28.8 Å². The molecular weight excluding hydrogens is 432 g/mol. The first-order valence-corrected chi connectivity index (χ1v) is 10.4. The van der Waals surface area contributed by atoms with Crippen molar-refractivity contribution in [2.75, 3.05) is 24.9 Å². The molecule has 3 N–H and O–H groups in total. The lowest BCUT2D eigenvalue weighted by Gasteiger charge is -2.11. The molecule has 8 nitrogen and oxygen atoms in total. The molecule has 170 valence electrons. The van der Waals surface area contributed by atoms with E-state index < -0.39 is 5.91 Å². The van der Waals surface area contributed by atoms with Crippen LogP contribution in [-0.4, -0.2) is 35.9 Å². The number of H-pyrrole nitrogens is 1. The molecule has 2 aromatic carbocycles. The van der Waals surface area contributed by atoms with Crippen molar-refractivity contribution in [1.82, 2.24) is 9.97 Å². The Morgan fingerprint density at radius 3 is 2.35 bits per heavy atom. The lowest BCUT2D eigenvalue weighted by atomic mass is 10.0. The molecule has 0 atom stereocenters. The van der Waals surface area contributed by atoms with Crippen LogP contribution in [0.1, 0.15) is 22.8 Å². The van der Waals surface area contributed by atoms with E-state index in [-0.39, 0.29) is 5.78 Å². The molecule has 2 heterocycles. The number of hydrogen-bond acceptors (Lipinski definition) is 6. The molecule has 2 aromatic heterocycles. The Bertz CT molecular complexity index is 1420. The molecule has 8 heteroatoms. The standard InChI is InChI=1S/C26H22N4O4/c1-4-7-24(31)29-22-9-6-5-8-21(22)28-23-11-10-19-20(15-27-26(19)30-23)25(32)16-12-17(33-2)14-18(13-16)34-3/h5-6,8-15H,1-3H3,(H,29,31)(H2,27,28,30). The molecule has 0 saturated carbocycles. The molecule has 4 aromatic rings. The third-order valence-electron chi connectivity index (χ3n) is 5.07. The molecule has 0 unspecified atom stereocenters. The number of methoxy groups -OCH3 is 2. The highest BCUT2D eigenvalue weighted by Crippen LogP contribution is 2.29. The zero-order chi connectivity index (χ0) is 24.1. The first kappa shape index (κ1) is 22.4. The van der Waals surface area contributed by atoms with Gasteiger partial charge in [0.05, 0.1) is 25.6 Å². The van der Waals surface area contributed by atoms with E-state index in [0.717, 1.165) is 0 Å². The van der Waals surface area contributed by atoms with Gasteiger partial charge in [-0.25, -0.2) is 4.98 Å². The number of ketones is 1. The van der Waals surface area contributed by atoms with Crippen LogP contribution in [0.25, 0.3) is 11.0 Å². The van der Waals surface area contributed by atoms with Gasteiger partial charge in [-0.3, -0.25) is 9.59 Å². The summed E-state index contributed by atoms with van der Waals surface area (Å²) in [7, 11) is 3.07. The normalized spacial score (nSPS) is 10.2. The summed E-state index contributed by atoms with van der Waals surface area (Å²) >= 11 is 0. The molecule has 0 fully saturated rings. The average molecular weight is 454 g/mol. The number of fused-ring (bicyclic) bond motifs is 1. The van der Waals surface area contributed by atoms with Crippen LogP contribution in [0.5, 0.6) is 11.5 Å². The quantitative estimate of drug-likeness (QED) is 0.280. The Kier molecular flexibility index (Phi) is 6.46. The smallest absolute Gasteiger partial charge is 0.300 e. The number of carbonyl (C=O) groups excluding carboxylic acids is 2. The van der Waals surface area contributed by atoms with Crippen LogP contribution < -0.4 is 20.1 Å². The SMILES string of the molecule is CC#CC(=O)Nc1ccccc1Nc1ccc2c(C(=O)c3cc(OC)cc(OC)c3)c[nH]c2n1. The van der Waals surface area contributed by atoms with Gasteiger partial charge in [-0.1, -0.05) is 18.1 Å². The Morgan fingerprint density at radius 1 is 0.971 bits per heavy atom. The van der Waals surface area contributed by atoms with Crippen LogP contribution in [0, 0.1) is 11.8 Å². The van der Waals surface area contributed by atoms with E-state index in [0.29, 0.717) is 50.9 Å². The van der Waals surface area contributed by atoms with E-state index in [1.54, 1.807) is 43.5 Å². The van der Waals surface area contributed by atoms with Crippen LogP contribution in [0.15, 0.2) is 60.8 Å². The number of benzene rings is 2. The first-order valence-electron chi connectivity index (χ1n) is 10.4. The molecule has 0 aliphatic heterocycles. The Hall–Kier alpha value is -4.77. The molecule has 0 bridgehead atoms. The van der Waals surface area contributed by atoms with Crippen LogP contribution in [0.3, 0.4) is 0 Å². The number of carbonyl (C=O) groups is 2. The van der Waals surface area contributed by atoms with Crippen molar-refractivity contribution in [3.63, 3.8) is 0 Å². The number of anilines is 3. The van der Waals surface area contributed by atoms with E-state index in [4.69, 9.17) is 9.47 Å². The summed E-state index contributed by atoms with van der Waals surface area (Å²) in [6.45, 7) is 1.60. The minimum absolute atomic E-state index is 0.184. The van der Waals surface area contributed by atoms with E-state index >= 15 is 0 Å². The van der Waals surface area contributed by atoms with E-state index in [1.807, 2.05) is 24.3 Å². The summed E-state index contributed by atoms with van der Waals surface area (Å²) < 4.78 is 10.6. The van der Waals surface area contributed by atoms with Crippen molar-refractivity contribution in [2.24, 2.45) is 0 Å². The summed E-state index contributed by atoms with van der Waals surface area (Å²) in [5, 5.41) is 6.63. The molecule has 34 heavy (non-hydrogen) atoms. The second-order valence-corrected chi connectivity index (χ2v) is 7.23. The van der Waals surface area contributed by atoms with Crippen LogP contribution in [0.4, 0.5) is 17.2 Å². The third kappa shape index (κ3) is 4.69. The molecular formula is C26H22N4O4. The fraction of sp³-hybridized carbons (Fsp3) is 0.115. The van der Waals surface area contributed by atoms with Gasteiger partial charge in [0.2, 0.25) is 0 Å². The molecule has 1 amide bonds. The van der Waals surface area contributed by atoms with Crippen LogP contribution in [0.2, 0.25) is 0 Å². The number of nitrogens with one attached hydrogen (secondary N) is 3. The highest BCUT2D eigenvalue weighted by Gasteiger charge is 2.17. The van der Waals surface area contributed by atoms with Gasteiger partial charge in [-0.05, 0) is 49.2 Å². The summed E-state index contributed by atoms with van der Waals surface area (Å²) in [4.78, 5) is 32.7. The van der Waals surface area contributed by atoms with Gasteiger partial charge >= 0.3 is 0 Å². The highest BCUT2D eigenvalue weighted by molar-refractivity contribution is 6.16. The Morgan fingerprint density at radius 2 is 1.68 bits per heavy atom. The van der Waals surface area contributed by atoms with Gasteiger partial charge in [-0.15, -0.1) is 0 Å². The lowest BCUT2D eigenvalue weighted by Crippen LogP contribution is -2.10. The average Bonchev–Trinajstić information content (AvgIpc) is 3.27. The number of hydrogen-bond donors (Lipinski definition) is 3.